The van der Waals surface area contributed by atoms with Gasteiger partial charge >= 0.3 is 5.97 Å². The molecule has 0 saturated heterocycles. The molecular formula is C16H14O5S. The third kappa shape index (κ3) is 3.23. The highest BCUT2D eigenvalue weighted by Crippen LogP contribution is 2.18. The number of rotatable bonds is 4. The first-order chi connectivity index (χ1) is 10.5. The fourth-order valence-electron chi connectivity index (χ4n) is 1.86. The fourth-order valence-corrected chi connectivity index (χ4v) is 3.24. The third-order valence-electron chi connectivity index (χ3n) is 2.91. The quantitative estimate of drug-likeness (QED) is 0.806. The standard InChI is InChI=1S/C16H14O5S/c1-2-21-16(18)12-7-6-10-14(17)15(11-12)22(19,20)13-8-4-3-5-9-13/h3-11H,2H2,1H3. The number of hydrogen-bond acceptors (Lipinski definition) is 5. The highest BCUT2D eigenvalue weighted by Gasteiger charge is 2.21. The first-order valence-electron chi connectivity index (χ1n) is 6.58. The Bertz CT molecular complexity index is 842. The Morgan fingerprint density at radius 1 is 1.05 bits per heavy atom. The van der Waals surface area contributed by atoms with Crippen molar-refractivity contribution in [2.24, 2.45) is 0 Å². The van der Waals surface area contributed by atoms with Crippen LogP contribution >= 0.6 is 0 Å². The molecule has 0 aliphatic carbocycles. The Morgan fingerprint density at radius 2 is 1.73 bits per heavy atom. The van der Waals surface area contributed by atoms with Crippen LogP contribution in [0, 0.1) is 0 Å². The number of sulfone groups is 1. The van der Waals surface area contributed by atoms with E-state index < -0.39 is 26.1 Å². The smallest absolute Gasteiger partial charge is 0.338 e. The molecule has 0 N–H and O–H groups in total. The molecule has 22 heavy (non-hydrogen) atoms. The molecule has 0 fully saturated rings. The highest BCUT2D eigenvalue weighted by atomic mass is 32.2. The second-order valence-corrected chi connectivity index (χ2v) is 6.31. The van der Waals surface area contributed by atoms with Crippen molar-refractivity contribution >= 4 is 15.8 Å². The van der Waals surface area contributed by atoms with Gasteiger partial charge < -0.3 is 4.74 Å². The maximum Gasteiger partial charge on any atom is 0.338 e. The van der Waals surface area contributed by atoms with E-state index in [9.17, 15) is 18.0 Å². The SMILES string of the molecule is CCOC(=O)c1cccc(=O)c(S(=O)(=O)c2ccccc2)c1. The molecule has 0 amide bonds. The van der Waals surface area contributed by atoms with Crippen LogP contribution < -0.4 is 5.43 Å². The monoisotopic (exact) mass is 318 g/mol. The lowest BCUT2D eigenvalue weighted by Crippen LogP contribution is -2.13. The van der Waals surface area contributed by atoms with Gasteiger partial charge in [0.25, 0.3) is 0 Å². The van der Waals surface area contributed by atoms with E-state index in [1.165, 1.54) is 24.3 Å². The summed E-state index contributed by atoms with van der Waals surface area (Å²) in [4.78, 5) is 23.4. The maximum atomic E-state index is 12.6. The second-order valence-electron chi connectivity index (χ2n) is 4.39. The van der Waals surface area contributed by atoms with Crippen molar-refractivity contribution in [2.75, 3.05) is 6.61 Å². The number of carbonyl (C=O) groups excluding carboxylic acids is 1. The van der Waals surface area contributed by atoms with E-state index in [1.54, 1.807) is 25.1 Å². The zero-order chi connectivity index (χ0) is 16.2. The molecule has 0 aromatic heterocycles. The summed E-state index contributed by atoms with van der Waals surface area (Å²) in [6.07, 6.45) is 0. The van der Waals surface area contributed by atoms with E-state index in [0.717, 1.165) is 12.1 Å². The van der Waals surface area contributed by atoms with Gasteiger partial charge in [0.05, 0.1) is 17.1 Å². The van der Waals surface area contributed by atoms with Gasteiger partial charge in [-0.05, 0) is 37.3 Å². The lowest BCUT2D eigenvalue weighted by atomic mass is 10.3. The molecule has 6 heteroatoms. The first kappa shape index (κ1) is 15.9. The minimum atomic E-state index is -4.00. The van der Waals surface area contributed by atoms with E-state index in [1.807, 2.05) is 0 Å². The highest BCUT2D eigenvalue weighted by molar-refractivity contribution is 7.91. The normalized spacial score (nSPS) is 11.0. The van der Waals surface area contributed by atoms with E-state index >= 15 is 0 Å². The van der Waals surface area contributed by atoms with Crippen LogP contribution in [0.4, 0.5) is 0 Å². The summed E-state index contributed by atoms with van der Waals surface area (Å²) in [6, 6.07) is 12.4. The summed E-state index contributed by atoms with van der Waals surface area (Å²) in [7, 11) is -4.00. The van der Waals surface area contributed by atoms with E-state index in [-0.39, 0.29) is 17.1 Å². The molecule has 0 bridgehead atoms. The largest absolute Gasteiger partial charge is 0.462 e. The number of benzene rings is 1. The van der Waals surface area contributed by atoms with Crippen molar-refractivity contribution in [3.8, 4) is 0 Å². The number of ether oxygens (including phenoxy) is 1. The van der Waals surface area contributed by atoms with E-state index in [0.29, 0.717) is 0 Å². The molecule has 0 radical (unpaired) electrons. The van der Waals surface area contributed by atoms with E-state index in [2.05, 4.69) is 0 Å². The van der Waals surface area contributed by atoms with Crippen LogP contribution in [0.3, 0.4) is 0 Å². The van der Waals surface area contributed by atoms with Crippen LogP contribution in [0.5, 0.6) is 0 Å². The molecule has 0 atom stereocenters. The summed E-state index contributed by atoms with van der Waals surface area (Å²) in [5, 5.41) is 0. The van der Waals surface area contributed by atoms with Crippen LogP contribution in [-0.4, -0.2) is 21.0 Å². The molecule has 114 valence electrons. The predicted molar refractivity (Wildman–Crippen MR) is 80.6 cm³/mol. The topological polar surface area (TPSA) is 77.5 Å². The molecule has 0 unspecified atom stereocenters. The average molecular weight is 318 g/mol. The Balaban J connectivity index is 2.66. The Morgan fingerprint density at radius 3 is 2.36 bits per heavy atom. The molecule has 2 rings (SSSR count). The Hall–Kier alpha value is -2.47. The maximum absolute atomic E-state index is 12.6. The Labute approximate surface area is 128 Å². The van der Waals surface area contributed by atoms with Gasteiger partial charge in [0, 0.05) is 0 Å². The van der Waals surface area contributed by atoms with E-state index in [4.69, 9.17) is 4.74 Å². The molecule has 0 aliphatic rings. The zero-order valence-corrected chi connectivity index (χ0v) is 12.7. The lowest BCUT2D eigenvalue weighted by molar-refractivity contribution is 0.0526. The van der Waals surface area contributed by atoms with Crippen molar-refractivity contribution in [1.82, 2.24) is 0 Å². The molecule has 0 spiro atoms. The second kappa shape index (κ2) is 6.53. The lowest BCUT2D eigenvalue weighted by Gasteiger charge is -2.03. The fraction of sp³-hybridized carbons (Fsp3) is 0.125. The molecule has 0 aliphatic heterocycles. The predicted octanol–water partition coefficient (Wildman–Crippen LogP) is 2.06. The summed E-state index contributed by atoms with van der Waals surface area (Å²) < 4.78 is 30.0. The van der Waals surface area contributed by atoms with Gasteiger partial charge in [0.2, 0.25) is 9.84 Å². The Kier molecular flexibility index (Phi) is 4.72. The minimum absolute atomic E-state index is 0.00638. The summed E-state index contributed by atoms with van der Waals surface area (Å²) in [6.45, 7) is 1.80. The molecule has 5 nitrogen and oxygen atoms in total. The molecular weight excluding hydrogens is 304 g/mol. The van der Waals surface area contributed by atoms with Crippen LogP contribution in [0.15, 0.2) is 69.2 Å². The van der Waals surface area contributed by atoms with Crippen molar-refractivity contribution in [3.05, 3.63) is 70.4 Å². The van der Waals surface area contributed by atoms with Gasteiger partial charge in [-0.3, -0.25) is 4.79 Å². The van der Waals surface area contributed by atoms with Gasteiger partial charge in [-0.25, -0.2) is 13.2 Å². The zero-order valence-electron chi connectivity index (χ0n) is 11.9. The molecule has 0 saturated carbocycles. The molecule has 2 aromatic carbocycles. The number of hydrogen-bond donors (Lipinski definition) is 0. The van der Waals surface area contributed by atoms with Gasteiger partial charge in [-0.1, -0.05) is 24.3 Å². The van der Waals surface area contributed by atoms with Crippen molar-refractivity contribution in [2.45, 2.75) is 16.7 Å². The van der Waals surface area contributed by atoms with Gasteiger partial charge in [0.1, 0.15) is 4.90 Å². The van der Waals surface area contributed by atoms with Crippen molar-refractivity contribution in [3.63, 3.8) is 0 Å². The molecule has 0 heterocycles. The van der Waals surface area contributed by atoms with Crippen LogP contribution in [0.25, 0.3) is 0 Å². The van der Waals surface area contributed by atoms with Crippen LogP contribution in [0.1, 0.15) is 17.3 Å². The van der Waals surface area contributed by atoms with Gasteiger partial charge in [-0.2, -0.15) is 0 Å². The van der Waals surface area contributed by atoms with Gasteiger partial charge in [-0.15, -0.1) is 0 Å². The first-order valence-corrected chi connectivity index (χ1v) is 8.06. The third-order valence-corrected chi connectivity index (χ3v) is 4.70. The number of carbonyl (C=O) groups is 1. The molecule has 2 aromatic rings. The van der Waals surface area contributed by atoms with Gasteiger partial charge in [0.15, 0.2) is 5.43 Å². The average Bonchev–Trinajstić information content (AvgIpc) is 2.71. The van der Waals surface area contributed by atoms with Crippen LogP contribution in [-0.2, 0) is 14.6 Å². The van der Waals surface area contributed by atoms with Crippen molar-refractivity contribution < 1.29 is 17.9 Å². The van der Waals surface area contributed by atoms with Crippen LogP contribution in [0.2, 0.25) is 0 Å². The van der Waals surface area contributed by atoms with Crippen molar-refractivity contribution in [1.29, 1.82) is 0 Å². The summed E-state index contributed by atoms with van der Waals surface area (Å²) in [5.74, 6) is -0.678. The summed E-state index contributed by atoms with van der Waals surface area (Å²) in [5.41, 5.74) is -0.669. The minimum Gasteiger partial charge on any atom is -0.462 e. The summed E-state index contributed by atoms with van der Waals surface area (Å²) >= 11 is 0. The number of esters is 1.